The van der Waals surface area contributed by atoms with E-state index in [2.05, 4.69) is 5.10 Å². The summed E-state index contributed by atoms with van der Waals surface area (Å²) < 4.78 is 63.0. The van der Waals surface area contributed by atoms with Crippen LogP contribution in [0.15, 0.2) is 18.6 Å². The first-order valence-corrected chi connectivity index (χ1v) is 7.30. The minimum Gasteiger partial charge on any atom is -0.458 e. The third kappa shape index (κ3) is 4.41. The van der Waals surface area contributed by atoms with Crippen LogP contribution >= 0.6 is 0 Å². The second-order valence-corrected chi connectivity index (χ2v) is 5.27. The zero-order valence-corrected chi connectivity index (χ0v) is 13.8. The molecule has 0 fully saturated rings. The molecule has 0 bridgehead atoms. The van der Waals surface area contributed by atoms with Crippen LogP contribution in [0.1, 0.15) is 44.8 Å². The Balaban J connectivity index is 1.89. The molecule has 0 N–H and O–H groups in total. The fourth-order valence-corrected chi connectivity index (χ4v) is 2.20. The molecule has 2 heterocycles. The van der Waals surface area contributed by atoms with E-state index in [4.69, 9.17) is 9.47 Å². The molecular weight excluding hydrogens is 362 g/mol. The minimum absolute atomic E-state index is 0.305. The maximum absolute atomic E-state index is 12.8. The maximum Gasteiger partial charge on any atom is 0.341 e. The van der Waals surface area contributed by atoms with Gasteiger partial charge < -0.3 is 14.0 Å². The SMILES string of the molecule is Cn1cc(C(=O)OCCOC(=O)c2cn(C)nc2C(F)F)c(C(F)F)c1. The van der Waals surface area contributed by atoms with Crippen LogP contribution in [0.4, 0.5) is 17.6 Å². The zero-order chi connectivity index (χ0) is 19.4. The highest BCUT2D eigenvalue weighted by Gasteiger charge is 2.24. The topological polar surface area (TPSA) is 75.3 Å². The third-order valence-electron chi connectivity index (χ3n) is 3.28. The van der Waals surface area contributed by atoms with Gasteiger partial charge in [0.1, 0.15) is 24.5 Å². The molecule has 0 atom stereocenters. The highest BCUT2D eigenvalue weighted by atomic mass is 19.3. The number of esters is 2. The number of halogens is 4. The highest BCUT2D eigenvalue weighted by Crippen LogP contribution is 2.24. The van der Waals surface area contributed by atoms with Crippen molar-refractivity contribution in [1.82, 2.24) is 14.3 Å². The first-order chi connectivity index (χ1) is 12.2. The quantitative estimate of drug-likeness (QED) is 0.421. The molecule has 2 rings (SSSR count). The zero-order valence-electron chi connectivity index (χ0n) is 13.8. The lowest BCUT2D eigenvalue weighted by Gasteiger charge is -2.07. The number of carbonyl (C=O) groups is 2. The largest absolute Gasteiger partial charge is 0.458 e. The predicted molar refractivity (Wildman–Crippen MR) is 79.1 cm³/mol. The lowest BCUT2D eigenvalue weighted by molar-refractivity contribution is 0.0258. The van der Waals surface area contributed by atoms with Crippen LogP contribution in [0.2, 0.25) is 0 Å². The van der Waals surface area contributed by atoms with Gasteiger partial charge >= 0.3 is 11.9 Å². The molecule has 0 saturated heterocycles. The third-order valence-corrected chi connectivity index (χ3v) is 3.28. The van der Waals surface area contributed by atoms with Crippen molar-refractivity contribution in [2.45, 2.75) is 12.9 Å². The summed E-state index contributed by atoms with van der Waals surface area (Å²) in [6.07, 6.45) is -2.46. The molecule has 7 nitrogen and oxygen atoms in total. The first-order valence-electron chi connectivity index (χ1n) is 7.30. The highest BCUT2D eigenvalue weighted by molar-refractivity contribution is 5.91. The lowest BCUT2D eigenvalue weighted by atomic mass is 10.2. The van der Waals surface area contributed by atoms with Gasteiger partial charge in [0, 0.05) is 38.2 Å². The van der Waals surface area contributed by atoms with E-state index in [1.807, 2.05) is 0 Å². The number of aromatic nitrogens is 3. The molecule has 2 aromatic rings. The van der Waals surface area contributed by atoms with Crippen molar-refractivity contribution < 1.29 is 36.6 Å². The van der Waals surface area contributed by atoms with Crippen molar-refractivity contribution in [1.29, 1.82) is 0 Å². The summed E-state index contributed by atoms with van der Waals surface area (Å²) >= 11 is 0. The number of hydrogen-bond acceptors (Lipinski definition) is 5. The number of rotatable bonds is 7. The van der Waals surface area contributed by atoms with Crippen LogP contribution in [0.25, 0.3) is 0 Å². The van der Waals surface area contributed by atoms with Gasteiger partial charge in [0.15, 0.2) is 0 Å². The average Bonchev–Trinajstić information content (AvgIpc) is 3.14. The Labute approximate surface area is 145 Å². The van der Waals surface area contributed by atoms with E-state index in [1.165, 1.54) is 24.9 Å². The monoisotopic (exact) mass is 377 g/mol. The van der Waals surface area contributed by atoms with E-state index in [-0.39, 0.29) is 5.56 Å². The van der Waals surface area contributed by atoms with E-state index in [0.29, 0.717) is 0 Å². The number of hydrogen-bond donors (Lipinski definition) is 0. The minimum atomic E-state index is -2.96. The van der Waals surface area contributed by atoms with Gasteiger partial charge in [-0.1, -0.05) is 0 Å². The van der Waals surface area contributed by atoms with Crippen LogP contribution in [0, 0.1) is 0 Å². The van der Waals surface area contributed by atoms with E-state index < -0.39 is 54.8 Å². The number of nitrogens with zero attached hydrogens (tertiary/aromatic N) is 3. The Morgan fingerprint density at radius 1 is 0.962 bits per heavy atom. The summed E-state index contributed by atoms with van der Waals surface area (Å²) in [4.78, 5) is 23.6. The molecule has 0 amide bonds. The number of ether oxygens (including phenoxy) is 2. The summed E-state index contributed by atoms with van der Waals surface area (Å²) in [7, 11) is 2.84. The van der Waals surface area contributed by atoms with Gasteiger partial charge in [0.2, 0.25) is 0 Å². The smallest absolute Gasteiger partial charge is 0.341 e. The number of carbonyl (C=O) groups excluding carboxylic acids is 2. The summed E-state index contributed by atoms with van der Waals surface area (Å²) in [5.74, 6) is -2.07. The molecule has 11 heteroatoms. The van der Waals surface area contributed by atoms with Gasteiger partial charge in [-0.25, -0.2) is 27.2 Å². The predicted octanol–water partition coefficient (Wildman–Crippen LogP) is 2.65. The molecule has 0 aliphatic rings. The summed E-state index contributed by atoms with van der Waals surface area (Å²) in [5, 5.41) is 3.46. The molecule has 26 heavy (non-hydrogen) atoms. The van der Waals surface area contributed by atoms with Crippen molar-refractivity contribution in [2.24, 2.45) is 14.1 Å². The van der Waals surface area contributed by atoms with Crippen LogP contribution in [-0.2, 0) is 23.6 Å². The molecule has 2 aromatic heterocycles. The first kappa shape index (κ1) is 19.5. The number of alkyl halides is 4. The molecule has 0 saturated carbocycles. The molecule has 142 valence electrons. The van der Waals surface area contributed by atoms with Crippen LogP contribution in [-0.4, -0.2) is 39.5 Å². The Bertz CT molecular complexity index is 735. The van der Waals surface area contributed by atoms with Gasteiger partial charge in [-0.2, -0.15) is 5.10 Å². The lowest BCUT2D eigenvalue weighted by Crippen LogP contribution is -2.15. The fourth-order valence-electron chi connectivity index (χ4n) is 2.20. The fraction of sp³-hybridized carbons (Fsp3) is 0.400. The normalized spacial score (nSPS) is 11.2. The Kier molecular flexibility index (Phi) is 6.01. The van der Waals surface area contributed by atoms with Crippen molar-refractivity contribution >= 4 is 11.9 Å². The molecule has 0 aliphatic heterocycles. The van der Waals surface area contributed by atoms with E-state index in [9.17, 15) is 27.2 Å². The van der Waals surface area contributed by atoms with Crippen LogP contribution in [0.3, 0.4) is 0 Å². The van der Waals surface area contributed by atoms with Crippen LogP contribution < -0.4 is 0 Å². The number of aryl methyl sites for hydroxylation is 2. The van der Waals surface area contributed by atoms with Crippen molar-refractivity contribution in [2.75, 3.05) is 13.2 Å². The van der Waals surface area contributed by atoms with Gasteiger partial charge in [-0.3, -0.25) is 4.68 Å². The Morgan fingerprint density at radius 3 is 2.08 bits per heavy atom. The molecular formula is C15H15F4N3O4. The van der Waals surface area contributed by atoms with Gasteiger partial charge in [-0.05, 0) is 0 Å². The molecule has 0 unspecified atom stereocenters. The summed E-state index contributed by atoms with van der Waals surface area (Å²) in [6.45, 7) is -0.856. The second kappa shape index (κ2) is 8.02. The van der Waals surface area contributed by atoms with E-state index >= 15 is 0 Å². The standard InChI is InChI=1S/C15H15F4N3O4/c1-21-5-8(12(16)17)9(6-21)14(23)25-3-4-26-15(24)10-7-22(2)20-11(10)13(18)19/h5-7,12-13H,3-4H2,1-2H3. The van der Waals surface area contributed by atoms with Gasteiger partial charge in [-0.15, -0.1) is 0 Å². The van der Waals surface area contributed by atoms with Crippen LogP contribution in [0.5, 0.6) is 0 Å². The van der Waals surface area contributed by atoms with E-state index in [1.54, 1.807) is 0 Å². The molecule has 0 spiro atoms. The second-order valence-electron chi connectivity index (χ2n) is 5.27. The van der Waals surface area contributed by atoms with Crippen molar-refractivity contribution in [3.63, 3.8) is 0 Å². The maximum atomic E-state index is 12.8. The Hall–Kier alpha value is -2.85. The molecule has 0 aromatic carbocycles. The van der Waals surface area contributed by atoms with Crippen molar-refractivity contribution in [3.05, 3.63) is 41.0 Å². The summed E-state index contributed by atoms with van der Waals surface area (Å²) in [5.41, 5.74) is -1.91. The molecule has 0 radical (unpaired) electrons. The average molecular weight is 377 g/mol. The molecule has 0 aliphatic carbocycles. The van der Waals surface area contributed by atoms with Gasteiger partial charge in [0.05, 0.1) is 5.56 Å². The summed E-state index contributed by atoms with van der Waals surface area (Å²) in [6, 6.07) is 0. The van der Waals surface area contributed by atoms with Crippen molar-refractivity contribution in [3.8, 4) is 0 Å². The van der Waals surface area contributed by atoms with Gasteiger partial charge in [0.25, 0.3) is 12.9 Å². The van der Waals surface area contributed by atoms with E-state index in [0.717, 1.165) is 17.1 Å². The Morgan fingerprint density at radius 2 is 1.54 bits per heavy atom.